The molecule has 1 aromatic heterocycles. The Morgan fingerprint density at radius 1 is 1.36 bits per heavy atom. The standard InChI is InChI=1S/C11H13N.CH5N/c1-4-5-6-11-10(3)9(2)7-8-12-11;1-2/h4-8H,1H2,2-3H3;2H2,1H3/b6-5-;. The van der Waals surface area contributed by atoms with Crippen LogP contribution in [0.1, 0.15) is 16.8 Å². The summed E-state index contributed by atoms with van der Waals surface area (Å²) in [4.78, 5) is 4.24. The van der Waals surface area contributed by atoms with Gasteiger partial charge in [-0.15, -0.1) is 0 Å². The first-order valence-corrected chi connectivity index (χ1v) is 4.54. The Bertz CT molecular complexity index is 314. The summed E-state index contributed by atoms with van der Waals surface area (Å²) in [7, 11) is 1.50. The van der Waals surface area contributed by atoms with E-state index in [1.807, 2.05) is 24.4 Å². The lowest BCUT2D eigenvalue weighted by Crippen LogP contribution is -1.88. The molecule has 0 unspecified atom stereocenters. The molecule has 2 nitrogen and oxygen atoms in total. The number of hydrogen-bond donors (Lipinski definition) is 1. The van der Waals surface area contributed by atoms with E-state index in [1.54, 1.807) is 6.08 Å². The smallest absolute Gasteiger partial charge is 0.0661 e. The minimum atomic E-state index is 1.02. The maximum atomic E-state index is 4.50. The van der Waals surface area contributed by atoms with E-state index in [0.717, 1.165) is 5.69 Å². The molecule has 0 aliphatic rings. The fourth-order valence-corrected chi connectivity index (χ4v) is 0.980. The zero-order valence-corrected chi connectivity index (χ0v) is 9.12. The van der Waals surface area contributed by atoms with E-state index in [2.05, 4.69) is 31.1 Å². The Labute approximate surface area is 86.2 Å². The van der Waals surface area contributed by atoms with E-state index in [-0.39, 0.29) is 0 Å². The van der Waals surface area contributed by atoms with Crippen molar-refractivity contribution < 1.29 is 0 Å². The second-order valence-corrected chi connectivity index (χ2v) is 2.73. The highest BCUT2D eigenvalue weighted by Gasteiger charge is 1.96. The van der Waals surface area contributed by atoms with E-state index in [4.69, 9.17) is 0 Å². The number of aromatic nitrogens is 1. The van der Waals surface area contributed by atoms with Crippen LogP contribution in [0.2, 0.25) is 0 Å². The Kier molecular flexibility index (Phi) is 6.33. The van der Waals surface area contributed by atoms with Crippen LogP contribution in [0.5, 0.6) is 0 Å². The highest BCUT2D eigenvalue weighted by atomic mass is 14.7. The van der Waals surface area contributed by atoms with Crippen molar-refractivity contribution in [1.29, 1.82) is 0 Å². The number of nitrogens with two attached hydrogens (primary N) is 1. The molecule has 0 aromatic carbocycles. The number of pyridine rings is 1. The van der Waals surface area contributed by atoms with E-state index >= 15 is 0 Å². The van der Waals surface area contributed by atoms with Gasteiger partial charge in [0, 0.05) is 6.20 Å². The van der Waals surface area contributed by atoms with Gasteiger partial charge in [-0.2, -0.15) is 0 Å². The SMILES string of the molecule is C=C/C=C\c1nccc(C)c1C.CN. The van der Waals surface area contributed by atoms with Gasteiger partial charge in [0.05, 0.1) is 5.69 Å². The first kappa shape index (κ1) is 12.6. The van der Waals surface area contributed by atoms with Gasteiger partial charge in [0.15, 0.2) is 0 Å². The Morgan fingerprint density at radius 3 is 2.57 bits per heavy atom. The molecule has 0 amide bonds. The summed E-state index contributed by atoms with van der Waals surface area (Å²) in [5.41, 5.74) is 8.03. The van der Waals surface area contributed by atoms with Crippen molar-refractivity contribution in [3.8, 4) is 0 Å². The van der Waals surface area contributed by atoms with Gasteiger partial charge in [-0.1, -0.05) is 18.7 Å². The van der Waals surface area contributed by atoms with Crippen LogP contribution < -0.4 is 5.73 Å². The third-order valence-electron chi connectivity index (χ3n) is 1.90. The lowest BCUT2D eigenvalue weighted by molar-refractivity contribution is 1.19. The third kappa shape index (κ3) is 3.54. The number of allylic oxidation sites excluding steroid dienone is 2. The molecule has 1 aromatic rings. The van der Waals surface area contributed by atoms with Gasteiger partial charge in [0.1, 0.15) is 0 Å². The molecule has 0 bridgehead atoms. The molecule has 0 saturated heterocycles. The van der Waals surface area contributed by atoms with Crippen molar-refractivity contribution in [3.63, 3.8) is 0 Å². The highest BCUT2D eigenvalue weighted by Crippen LogP contribution is 2.10. The number of rotatable bonds is 2. The molecule has 1 heterocycles. The molecule has 76 valence electrons. The molecular formula is C12H18N2. The van der Waals surface area contributed by atoms with Crippen molar-refractivity contribution in [3.05, 3.63) is 47.8 Å². The quantitative estimate of drug-likeness (QED) is 0.728. The summed E-state index contributed by atoms with van der Waals surface area (Å²) < 4.78 is 0. The van der Waals surface area contributed by atoms with Crippen molar-refractivity contribution in [2.24, 2.45) is 5.73 Å². The Balaban J connectivity index is 0.000000791. The van der Waals surface area contributed by atoms with Crippen molar-refractivity contribution in [1.82, 2.24) is 4.98 Å². The van der Waals surface area contributed by atoms with Gasteiger partial charge < -0.3 is 5.73 Å². The normalized spacial score (nSPS) is 9.43. The van der Waals surface area contributed by atoms with Crippen LogP contribution in [0.25, 0.3) is 6.08 Å². The van der Waals surface area contributed by atoms with Crippen molar-refractivity contribution in [2.45, 2.75) is 13.8 Å². The second-order valence-electron chi connectivity index (χ2n) is 2.73. The Hall–Kier alpha value is -1.41. The first-order chi connectivity index (χ1) is 6.75. The molecule has 0 radical (unpaired) electrons. The first-order valence-electron chi connectivity index (χ1n) is 4.54. The number of nitrogens with zero attached hydrogens (tertiary/aromatic N) is 1. The molecule has 0 saturated carbocycles. The summed E-state index contributed by atoms with van der Waals surface area (Å²) >= 11 is 0. The van der Waals surface area contributed by atoms with Gasteiger partial charge in [-0.05, 0) is 44.2 Å². The van der Waals surface area contributed by atoms with Crippen molar-refractivity contribution in [2.75, 3.05) is 7.05 Å². The van der Waals surface area contributed by atoms with Gasteiger partial charge in [0.2, 0.25) is 0 Å². The maximum absolute atomic E-state index is 4.50. The molecular weight excluding hydrogens is 172 g/mol. The summed E-state index contributed by atoms with van der Waals surface area (Å²) in [5.74, 6) is 0. The predicted octanol–water partition coefficient (Wildman–Crippen LogP) is 2.47. The fraction of sp³-hybridized carbons (Fsp3) is 0.250. The molecule has 2 N–H and O–H groups in total. The van der Waals surface area contributed by atoms with Crippen LogP contribution in [-0.4, -0.2) is 12.0 Å². The predicted molar refractivity (Wildman–Crippen MR) is 63.1 cm³/mol. The molecule has 0 atom stereocenters. The van der Waals surface area contributed by atoms with Crippen LogP contribution >= 0.6 is 0 Å². The molecule has 0 aliphatic heterocycles. The number of hydrogen-bond acceptors (Lipinski definition) is 2. The average molecular weight is 190 g/mol. The van der Waals surface area contributed by atoms with Gasteiger partial charge in [-0.3, -0.25) is 4.98 Å². The van der Waals surface area contributed by atoms with Gasteiger partial charge in [0.25, 0.3) is 0 Å². The van der Waals surface area contributed by atoms with Crippen LogP contribution in [-0.2, 0) is 0 Å². The average Bonchev–Trinajstić information content (AvgIpc) is 2.23. The minimum absolute atomic E-state index is 1.02. The van der Waals surface area contributed by atoms with Gasteiger partial charge >= 0.3 is 0 Å². The largest absolute Gasteiger partial charge is 0.333 e. The highest BCUT2D eigenvalue weighted by molar-refractivity contribution is 5.52. The van der Waals surface area contributed by atoms with Crippen LogP contribution in [0.15, 0.2) is 31.0 Å². The van der Waals surface area contributed by atoms with E-state index < -0.39 is 0 Å². The van der Waals surface area contributed by atoms with Crippen LogP contribution in [0.3, 0.4) is 0 Å². The number of aryl methyl sites for hydroxylation is 1. The molecule has 14 heavy (non-hydrogen) atoms. The summed E-state index contributed by atoms with van der Waals surface area (Å²) in [6, 6.07) is 2.01. The van der Waals surface area contributed by atoms with E-state index in [9.17, 15) is 0 Å². The monoisotopic (exact) mass is 190 g/mol. The second kappa shape index (κ2) is 7.04. The zero-order chi connectivity index (χ0) is 11.0. The molecule has 2 heteroatoms. The lowest BCUT2D eigenvalue weighted by atomic mass is 10.1. The van der Waals surface area contributed by atoms with E-state index in [1.165, 1.54) is 18.2 Å². The molecule has 0 aliphatic carbocycles. The Morgan fingerprint density at radius 2 is 2.00 bits per heavy atom. The topological polar surface area (TPSA) is 38.9 Å². The molecule has 0 spiro atoms. The minimum Gasteiger partial charge on any atom is -0.333 e. The summed E-state index contributed by atoms with van der Waals surface area (Å²) in [5, 5.41) is 0. The zero-order valence-electron chi connectivity index (χ0n) is 9.12. The third-order valence-corrected chi connectivity index (χ3v) is 1.90. The maximum Gasteiger partial charge on any atom is 0.0661 e. The van der Waals surface area contributed by atoms with Crippen LogP contribution in [0, 0.1) is 13.8 Å². The van der Waals surface area contributed by atoms with Crippen LogP contribution in [0.4, 0.5) is 0 Å². The van der Waals surface area contributed by atoms with E-state index in [0.29, 0.717) is 0 Å². The summed E-state index contributed by atoms with van der Waals surface area (Å²) in [6.45, 7) is 7.77. The fourth-order valence-electron chi connectivity index (χ4n) is 0.980. The van der Waals surface area contributed by atoms with Gasteiger partial charge in [-0.25, -0.2) is 0 Å². The summed E-state index contributed by atoms with van der Waals surface area (Å²) in [6.07, 6.45) is 7.44. The molecule has 1 rings (SSSR count). The van der Waals surface area contributed by atoms with Crippen molar-refractivity contribution >= 4 is 6.08 Å². The lowest BCUT2D eigenvalue weighted by Gasteiger charge is -2.01. The molecule has 0 fully saturated rings.